The van der Waals surface area contributed by atoms with Gasteiger partial charge in [-0.2, -0.15) is 5.26 Å². The van der Waals surface area contributed by atoms with Crippen molar-refractivity contribution in [2.45, 2.75) is 19.3 Å². The molecule has 3 aromatic rings. The number of aromatic nitrogens is 2. The Labute approximate surface area is 175 Å². The van der Waals surface area contributed by atoms with E-state index in [2.05, 4.69) is 31.6 Å². The van der Waals surface area contributed by atoms with Gasteiger partial charge in [-0.3, -0.25) is 4.79 Å². The number of rotatable bonds is 5. The summed E-state index contributed by atoms with van der Waals surface area (Å²) in [6.45, 7) is 2.17. The third kappa shape index (κ3) is 4.73. The minimum atomic E-state index is -0.308. The lowest BCUT2D eigenvalue weighted by Crippen LogP contribution is -2.29. The van der Waals surface area contributed by atoms with E-state index in [-0.39, 0.29) is 17.5 Å². The summed E-state index contributed by atoms with van der Waals surface area (Å²) in [5, 5.41) is 14.9. The number of hydrogen-bond acceptors (Lipinski definition) is 6. The van der Waals surface area contributed by atoms with Gasteiger partial charge in [-0.1, -0.05) is 6.07 Å². The van der Waals surface area contributed by atoms with Crippen LogP contribution in [0.2, 0.25) is 0 Å². The third-order valence-electron chi connectivity index (χ3n) is 4.98. The first-order chi connectivity index (χ1) is 14.7. The van der Waals surface area contributed by atoms with Crippen molar-refractivity contribution in [3.8, 4) is 6.07 Å². The van der Waals surface area contributed by atoms with E-state index >= 15 is 0 Å². The fraction of sp³-hybridized carbons (Fsp3) is 0.217. The predicted molar refractivity (Wildman–Crippen MR) is 117 cm³/mol. The molecule has 4 rings (SSSR count). The van der Waals surface area contributed by atoms with Gasteiger partial charge >= 0.3 is 0 Å². The van der Waals surface area contributed by atoms with Gasteiger partial charge in [-0.05, 0) is 67.8 Å². The second kappa shape index (κ2) is 9.05. The molecule has 0 radical (unpaired) electrons. The smallest absolute Gasteiger partial charge is 0.274 e. The van der Waals surface area contributed by atoms with Crippen LogP contribution in [0.1, 0.15) is 35.3 Å². The van der Waals surface area contributed by atoms with Crippen LogP contribution in [-0.4, -0.2) is 29.0 Å². The number of amides is 1. The molecule has 1 aliphatic heterocycles. The lowest BCUT2D eigenvalue weighted by Gasteiger charge is -2.28. The molecule has 7 nitrogen and oxygen atoms in total. The van der Waals surface area contributed by atoms with Crippen molar-refractivity contribution in [3.05, 3.63) is 72.1 Å². The molecule has 2 aromatic carbocycles. The van der Waals surface area contributed by atoms with Crippen molar-refractivity contribution in [2.75, 3.05) is 28.6 Å². The van der Waals surface area contributed by atoms with Gasteiger partial charge in [-0.15, -0.1) is 0 Å². The number of hydrogen-bond donors (Lipinski definition) is 2. The standard InChI is InChI=1S/C23H22N6O/c24-16-17-5-4-6-19(15-17)27-23-25-12-11-21(28-23)22(30)26-18-7-9-20(10-8-18)29-13-2-1-3-14-29/h4-12,15H,1-3,13-14H2,(H,26,30)(H,25,27,28). The molecule has 1 aromatic heterocycles. The molecule has 0 bridgehead atoms. The summed E-state index contributed by atoms with van der Waals surface area (Å²) in [4.78, 5) is 23.4. The van der Waals surface area contributed by atoms with Crippen LogP contribution >= 0.6 is 0 Å². The Balaban J connectivity index is 1.42. The quantitative estimate of drug-likeness (QED) is 0.664. The number of nitrogens with one attached hydrogen (secondary N) is 2. The predicted octanol–water partition coefficient (Wildman–Crippen LogP) is 4.33. The largest absolute Gasteiger partial charge is 0.372 e. The van der Waals surface area contributed by atoms with Crippen LogP contribution in [0.15, 0.2) is 60.8 Å². The van der Waals surface area contributed by atoms with Gasteiger partial charge in [-0.25, -0.2) is 9.97 Å². The van der Waals surface area contributed by atoms with Gasteiger partial charge in [0.15, 0.2) is 0 Å². The number of nitrogens with zero attached hydrogens (tertiary/aromatic N) is 4. The zero-order valence-electron chi connectivity index (χ0n) is 16.5. The van der Waals surface area contributed by atoms with E-state index in [0.29, 0.717) is 11.3 Å². The maximum atomic E-state index is 12.6. The van der Waals surface area contributed by atoms with Gasteiger partial charge in [0.1, 0.15) is 5.69 Å². The van der Waals surface area contributed by atoms with Crippen LogP contribution < -0.4 is 15.5 Å². The van der Waals surface area contributed by atoms with E-state index in [0.717, 1.165) is 18.8 Å². The molecule has 2 heterocycles. The molecule has 1 fully saturated rings. The highest BCUT2D eigenvalue weighted by molar-refractivity contribution is 6.03. The Hall–Kier alpha value is -3.92. The number of carbonyl (C=O) groups is 1. The number of anilines is 4. The molecule has 30 heavy (non-hydrogen) atoms. The highest BCUT2D eigenvalue weighted by atomic mass is 16.1. The van der Waals surface area contributed by atoms with E-state index in [1.165, 1.54) is 31.1 Å². The molecule has 0 unspecified atom stereocenters. The molecule has 0 atom stereocenters. The molecular weight excluding hydrogens is 376 g/mol. The molecule has 1 saturated heterocycles. The Bertz CT molecular complexity index is 1070. The zero-order valence-corrected chi connectivity index (χ0v) is 16.5. The monoisotopic (exact) mass is 398 g/mol. The summed E-state index contributed by atoms with van der Waals surface area (Å²) in [7, 11) is 0. The fourth-order valence-corrected chi connectivity index (χ4v) is 3.44. The van der Waals surface area contributed by atoms with Crippen molar-refractivity contribution in [1.29, 1.82) is 5.26 Å². The van der Waals surface area contributed by atoms with E-state index in [9.17, 15) is 4.79 Å². The minimum Gasteiger partial charge on any atom is -0.372 e. The van der Waals surface area contributed by atoms with E-state index < -0.39 is 0 Å². The molecule has 150 valence electrons. The van der Waals surface area contributed by atoms with Crippen LogP contribution in [0.5, 0.6) is 0 Å². The molecule has 2 N–H and O–H groups in total. The summed E-state index contributed by atoms with van der Waals surface area (Å²) in [6, 6.07) is 18.5. The average Bonchev–Trinajstić information content (AvgIpc) is 2.80. The summed E-state index contributed by atoms with van der Waals surface area (Å²) >= 11 is 0. The molecule has 1 aliphatic rings. The molecule has 7 heteroatoms. The maximum absolute atomic E-state index is 12.6. The SMILES string of the molecule is N#Cc1cccc(Nc2nccc(C(=O)Nc3ccc(N4CCCCC4)cc3)n2)c1. The summed E-state index contributed by atoms with van der Waals surface area (Å²) in [5.74, 6) is -0.0184. The highest BCUT2D eigenvalue weighted by Gasteiger charge is 2.12. The lowest BCUT2D eigenvalue weighted by atomic mass is 10.1. The summed E-state index contributed by atoms with van der Waals surface area (Å²) in [6.07, 6.45) is 5.27. The summed E-state index contributed by atoms with van der Waals surface area (Å²) < 4.78 is 0. The second-order valence-corrected chi connectivity index (χ2v) is 7.13. The van der Waals surface area contributed by atoms with Crippen LogP contribution in [0.4, 0.5) is 23.0 Å². The molecule has 0 spiro atoms. The van der Waals surface area contributed by atoms with E-state index in [1.807, 2.05) is 24.3 Å². The van der Waals surface area contributed by atoms with E-state index in [1.54, 1.807) is 30.3 Å². The molecule has 0 saturated carbocycles. The van der Waals surface area contributed by atoms with Crippen LogP contribution in [-0.2, 0) is 0 Å². The molecular formula is C23H22N6O. The third-order valence-corrected chi connectivity index (χ3v) is 4.98. The van der Waals surface area contributed by atoms with Crippen LogP contribution in [0.3, 0.4) is 0 Å². The Morgan fingerprint density at radius 3 is 2.57 bits per heavy atom. The van der Waals surface area contributed by atoms with Crippen molar-refractivity contribution in [3.63, 3.8) is 0 Å². The zero-order chi connectivity index (χ0) is 20.8. The lowest BCUT2D eigenvalue weighted by molar-refractivity contribution is 0.102. The Morgan fingerprint density at radius 2 is 1.80 bits per heavy atom. The average molecular weight is 398 g/mol. The van der Waals surface area contributed by atoms with Crippen molar-refractivity contribution >= 4 is 28.9 Å². The number of benzene rings is 2. The van der Waals surface area contributed by atoms with Gasteiger partial charge < -0.3 is 15.5 Å². The van der Waals surface area contributed by atoms with Crippen LogP contribution in [0, 0.1) is 11.3 Å². The maximum Gasteiger partial charge on any atom is 0.274 e. The topological polar surface area (TPSA) is 93.9 Å². The van der Waals surface area contributed by atoms with Gasteiger partial charge in [0.25, 0.3) is 5.91 Å². The number of carbonyl (C=O) groups excluding carboxylic acids is 1. The Kier molecular flexibility index (Phi) is 5.85. The van der Waals surface area contributed by atoms with Gasteiger partial charge in [0.2, 0.25) is 5.95 Å². The normalized spacial score (nSPS) is 13.4. The number of nitriles is 1. The fourth-order valence-electron chi connectivity index (χ4n) is 3.44. The first-order valence-corrected chi connectivity index (χ1v) is 9.98. The second-order valence-electron chi connectivity index (χ2n) is 7.13. The molecule has 1 amide bonds. The first kappa shape index (κ1) is 19.4. The molecule has 0 aliphatic carbocycles. The first-order valence-electron chi connectivity index (χ1n) is 9.98. The number of piperidine rings is 1. The van der Waals surface area contributed by atoms with Crippen LogP contribution in [0.25, 0.3) is 0 Å². The Morgan fingerprint density at radius 1 is 1.00 bits per heavy atom. The highest BCUT2D eigenvalue weighted by Crippen LogP contribution is 2.22. The van der Waals surface area contributed by atoms with Crippen molar-refractivity contribution in [1.82, 2.24) is 9.97 Å². The van der Waals surface area contributed by atoms with Crippen molar-refractivity contribution < 1.29 is 4.79 Å². The van der Waals surface area contributed by atoms with Gasteiger partial charge in [0, 0.05) is 36.3 Å². The van der Waals surface area contributed by atoms with Crippen molar-refractivity contribution in [2.24, 2.45) is 0 Å². The minimum absolute atomic E-state index is 0.254. The van der Waals surface area contributed by atoms with E-state index in [4.69, 9.17) is 5.26 Å². The summed E-state index contributed by atoms with van der Waals surface area (Å²) in [5.41, 5.74) is 3.36. The van der Waals surface area contributed by atoms with Gasteiger partial charge in [0.05, 0.1) is 11.6 Å².